The second-order valence-electron chi connectivity index (χ2n) is 4.87. The predicted octanol–water partition coefficient (Wildman–Crippen LogP) is 0.819. The zero-order valence-corrected chi connectivity index (χ0v) is 11.6. The van der Waals surface area contributed by atoms with E-state index in [1.165, 1.54) is 0 Å². The average Bonchev–Trinajstić information content (AvgIpc) is 3.05. The Morgan fingerprint density at radius 3 is 2.79 bits per heavy atom. The van der Waals surface area contributed by atoms with Gasteiger partial charge in [-0.3, -0.25) is 4.79 Å². The highest BCUT2D eigenvalue weighted by Crippen LogP contribution is 2.19. The molecule has 0 spiro atoms. The standard InChI is InChI=1S/C12H21N5O2/c1-4-13-8(3)11-16-17-12(19-11)14-7(2)10(18)15-9-5-6-9/h7-9,13H,4-6H2,1-3H3,(H,14,17)(H,15,18). The number of anilines is 1. The molecule has 1 aromatic heterocycles. The van der Waals surface area contributed by atoms with E-state index in [1.807, 2.05) is 13.8 Å². The molecule has 0 radical (unpaired) electrons. The van der Waals surface area contributed by atoms with Crippen LogP contribution in [0.25, 0.3) is 0 Å². The van der Waals surface area contributed by atoms with Gasteiger partial charge in [0.25, 0.3) is 0 Å². The fourth-order valence-electron chi connectivity index (χ4n) is 1.67. The molecule has 1 saturated carbocycles. The lowest BCUT2D eigenvalue weighted by Crippen LogP contribution is -2.38. The lowest BCUT2D eigenvalue weighted by Gasteiger charge is -2.11. The Bertz CT molecular complexity index is 430. The van der Waals surface area contributed by atoms with Crippen molar-refractivity contribution in [3.8, 4) is 0 Å². The molecule has 2 unspecified atom stereocenters. The molecular weight excluding hydrogens is 246 g/mol. The molecule has 0 aromatic carbocycles. The third-order valence-electron chi connectivity index (χ3n) is 2.98. The van der Waals surface area contributed by atoms with Crippen molar-refractivity contribution >= 4 is 11.9 Å². The summed E-state index contributed by atoms with van der Waals surface area (Å²) < 4.78 is 5.46. The van der Waals surface area contributed by atoms with E-state index < -0.39 is 0 Å². The van der Waals surface area contributed by atoms with Gasteiger partial charge in [-0.25, -0.2) is 0 Å². The van der Waals surface area contributed by atoms with Crippen LogP contribution in [0.15, 0.2) is 4.42 Å². The van der Waals surface area contributed by atoms with E-state index in [1.54, 1.807) is 6.92 Å². The molecule has 106 valence electrons. The van der Waals surface area contributed by atoms with Gasteiger partial charge in [-0.2, -0.15) is 0 Å². The molecule has 0 bridgehead atoms. The van der Waals surface area contributed by atoms with Gasteiger partial charge in [0.1, 0.15) is 6.04 Å². The molecule has 7 nitrogen and oxygen atoms in total. The van der Waals surface area contributed by atoms with E-state index in [2.05, 4.69) is 26.1 Å². The number of carbonyl (C=O) groups is 1. The molecule has 1 aliphatic carbocycles. The van der Waals surface area contributed by atoms with Gasteiger partial charge in [-0.1, -0.05) is 12.0 Å². The van der Waals surface area contributed by atoms with Crippen molar-refractivity contribution in [1.82, 2.24) is 20.8 Å². The van der Waals surface area contributed by atoms with Crippen molar-refractivity contribution in [3.05, 3.63) is 5.89 Å². The van der Waals surface area contributed by atoms with Crippen molar-refractivity contribution in [2.45, 2.75) is 51.7 Å². The summed E-state index contributed by atoms with van der Waals surface area (Å²) >= 11 is 0. The molecule has 1 aliphatic rings. The molecule has 1 amide bonds. The molecule has 0 saturated heterocycles. The third-order valence-corrected chi connectivity index (χ3v) is 2.98. The summed E-state index contributed by atoms with van der Waals surface area (Å²) in [7, 11) is 0. The topological polar surface area (TPSA) is 92.1 Å². The highest BCUT2D eigenvalue weighted by atomic mass is 16.4. The van der Waals surface area contributed by atoms with Gasteiger partial charge in [-0.15, -0.1) is 5.10 Å². The molecule has 2 rings (SSSR count). The Balaban J connectivity index is 1.85. The molecule has 1 aromatic rings. The van der Waals surface area contributed by atoms with E-state index in [9.17, 15) is 4.79 Å². The van der Waals surface area contributed by atoms with Gasteiger partial charge >= 0.3 is 6.01 Å². The fraction of sp³-hybridized carbons (Fsp3) is 0.750. The minimum Gasteiger partial charge on any atom is -0.406 e. The van der Waals surface area contributed by atoms with Crippen LogP contribution in [0.3, 0.4) is 0 Å². The lowest BCUT2D eigenvalue weighted by atomic mass is 10.3. The Hall–Kier alpha value is -1.63. The van der Waals surface area contributed by atoms with Crippen LogP contribution in [-0.2, 0) is 4.79 Å². The fourth-order valence-corrected chi connectivity index (χ4v) is 1.67. The van der Waals surface area contributed by atoms with E-state index >= 15 is 0 Å². The van der Waals surface area contributed by atoms with Crippen molar-refractivity contribution in [1.29, 1.82) is 0 Å². The van der Waals surface area contributed by atoms with Crippen LogP contribution < -0.4 is 16.0 Å². The average molecular weight is 267 g/mol. The molecular formula is C12H21N5O2. The number of hydrogen-bond acceptors (Lipinski definition) is 6. The first-order chi connectivity index (χ1) is 9.10. The summed E-state index contributed by atoms with van der Waals surface area (Å²) in [5.74, 6) is 0.473. The molecule has 2 atom stereocenters. The monoisotopic (exact) mass is 267 g/mol. The zero-order chi connectivity index (χ0) is 13.8. The number of hydrogen-bond donors (Lipinski definition) is 3. The lowest BCUT2D eigenvalue weighted by molar-refractivity contribution is -0.121. The van der Waals surface area contributed by atoms with Gasteiger partial charge in [0, 0.05) is 6.04 Å². The maximum atomic E-state index is 11.8. The Morgan fingerprint density at radius 2 is 2.16 bits per heavy atom. The van der Waals surface area contributed by atoms with E-state index in [4.69, 9.17) is 4.42 Å². The largest absolute Gasteiger partial charge is 0.406 e. The number of rotatable bonds is 7. The van der Waals surface area contributed by atoms with Crippen molar-refractivity contribution in [3.63, 3.8) is 0 Å². The van der Waals surface area contributed by atoms with Gasteiger partial charge in [0.05, 0.1) is 6.04 Å². The molecule has 19 heavy (non-hydrogen) atoms. The van der Waals surface area contributed by atoms with E-state index in [0.29, 0.717) is 11.9 Å². The van der Waals surface area contributed by atoms with Gasteiger partial charge in [0.15, 0.2) is 0 Å². The quantitative estimate of drug-likeness (QED) is 0.677. The SMILES string of the molecule is CCNC(C)c1nnc(NC(C)C(=O)NC2CC2)o1. The molecule has 1 heterocycles. The maximum Gasteiger partial charge on any atom is 0.316 e. The van der Waals surface area contributed by atoms with Crippen LogP contribution in [0.4, 0.5) is 6.01 Å². The predicted molar refractivity (Wildman–Crippen MR) is 70.6 cm³/mol. The van der Waals surface area contributed by atoms with Crippen LogP contribution in [-0.4, -0.2) is 34.7 Å². The molecule has 1 fully saturated rings. The summed E-state index contributed by atoms with van der Waals surface area (Å²) in [6.45, 7) is 6.56. The van der Waals surface area contributed by atoms with Crippen molar-refractivity contribution < 1.29 is 9.21 Å². The first-order valence-corrected chi connectivity index (χ1v) is 6.73. The third kappa shape index (κ3) is 3.92. The summed E-state index contributed by atoms with van der Waals surface area (Å²) in [5.41, 5.74) is 0. The van der Waals surface area contributed by atoms with Crippen LogP contribution in [0.1, 0.15) is 45.5 Å². The number of nitrogens with one attached hydrogen (secondary N) is 3. The molecule has 3 N–H and O–H groups in total. The summed E-state index contributed by atoms with van der Waals surface area (Å²) in [6.07, 6.45) is 2.15. The Morgan fingerprint density at radius 1 is 1.42 bits per heavy atom. The van der Waals surface area contributed by atoms with Gasteiger partial charge in [-0.05, 0) is 33.2 Å². The van der Waals surface area contributed by atoms with E-state index in [-0.39, 0.29) is 24.0 Å². The second-order valence-corrected chi connectivity index (χ2v) is 4.87. The Kier molecular flexibility index (Phi) is 4.36. The Labute approximate surface area is 112 Å². The van der Waals surface area contributed by atoms with Gasteiger partial charge < -0.3 is 20.4 Å². The smallest absolute Gasteiger partial charge is 0.316 e. The van der Waals surface area contributed by atoms with E-state index in [0.717, 1.165) is 19.4 Å². The number of nitrogens with zero attached hydrogens (tertiary/aromatic N) is 2. The summed E-state index contributed by atoms with van der Waals surface area (Å²) in [5, 5.41) is 16.9. The first-order valence-electron chi connectivity index (χ1n) is 6.73. The van der Waals surface area contributed by atoms with Gasteiger partial charge in [0.2, 0.25) is 11.8 Å². The van der Waals surface area contributed by atoms with Crippen molar-refractivity contribution in [2.75, 3.05) is 11.9 Å². The minimum atomic E-state index is -0.386. The second kappa shape index (κ2) is 6.01. The minimum absolute atomic E-state index is 0.00338. The normalized spacial score (nSPS) is 17.8. The number of amides is 1. The molecule has 7 heteroatoms. The molecule has 0 aliphatic heterocycles. The highest BCUT2D eigenvalue weighted by molar-refractivity contribution is 5.84. The highest BCUT2D eigenvalue weighted by Gasteiger charge is 2.26. The van der Waals surface area contributed by atoms with Crippen LogP contribution >= 0.6 is 0 Å². The van der Waals surface area contributed by atoms with Crippen LogP contribution in [0, 0.1) is 0 Å². The maximum absolute atomic E-state index is 11.8. The van der Waals surface area contributed by atoms with Crippen molar-refractivity contribution in [2.24, 2.45) is 0 Å². The summed E-state index contributed by atoms with van der Waals surface area (Å²) in [6, 6.07) is 0.244. The van der Waals surface area contributed by atoms with Crippen LogP contribution in [0.5, 0.6) is 0 Å². The zero-order valence-electron chi connectivity index (χ0n) is 11.6. The number of aromatic nitrogens is 2. The number of carbonyl (C=O) groups excluding carboxylic acids is 1. The summed E-state index contributed by atoms with van der Waals surface area (Å²) in [4.78, 5) is 11.8. The first kappa shape index (κ1) is 13.8. The van der Waals surface area contributed by atoms with Crippen LogP contribution in [0.2, 0.25) is 0 Å².